The monoisotopic (exact) mass is 272 g/mol. The van der Waals surface area contributed by atoms with E-state index in [1.807, 2.05) is 18.2 Å². The number of nitrogens with zero attached hydrogens (tertiary/aromatic N) is 1. The van der Waals surface area contributed by atoms with Gasteiger partial charge in [0.2, 0.25) is 0 Å². The first-order valence-electron chi connectivity index (χ1n) is 6.09. The van der Waals surface area contributed by atoms with Crippen LogP contribution in [0.1, 0.15) is 0 Å². The number of ether oxygens (including phenoxy) is 2. The molecule has 3 aromatic rings. The van der Waals surface area contributed by atoms with Gasteiger partial charge in [0.25, 0.3) is 0 Å². The summed E-state index contributed by atoms with van der Waals surface area (Å²) in [5, 5.41) is 0. The number of fused-ring (bicyclic) bond motifs is 1. The molecule has 0 unspecified atom stereocenters. The Balaban J connectivity index is 2.07. The molecule has 0 radical (unpaired) electrons. The van der Waals surface area contributed by atoms with Crippen molar-refractivity contribution in [2.75, 3.05) is 14.2 Å². The molecule has 4 nitrogen and oxygen atoms in total. The van der Waals surface area contributed by atoms with Gasteiger partial charge in [-0.15, -0.1) is 0 Å². The Morgan fingerprint density at radius 1 is 1.05 bits per heavy atom. The topological polar surface area (TPSA) is 47.1 Å². The molecule has 0 aliphatic heterocycles. The van der Waals surface area contributed by atoms with Gasteiger partial charge in [0.1, 0.15) is 11.6 Å². The van der Waals surface area contributed by atoms with Crippen LogP contribution in [0.3, 0.4) is 0 Å². The minimum absolute atomic E-state index is 0.214. The molecule has 1 N–H and O–H groups in total. The summed E-state index contributed by atoms with van der Waals surface area (Å²) in [6.07, 6.45) is 0. The second-order valence-electron chi connectivity index (χ2n) is 4.32. The lowest BCUT2D eigenvalue weighted by molar-refractivity contribution is 0.386. The average molecular weight is 272 g/mol. The first-order chi connectivity index (χ1) is 9.71. The standard InChI is InChI=1S/C15H13FN2O2/c1-19-10-4-5-12-13(8-10)18-15(17-12)9-3-6-14(20-2)11(16)7-9/h3-8H,1-2H3,(H,17,18). The highest BCUT2D eigenvalue weighted by atomic mass is 19.1. The van der Waals surface area contributed by atoms with Crippen LogP contribution in [0.4, 0.5) is 4.39 Å². The highest BCUT2D eigenvalue weighted by Crippen LogP contribution is 2.26. The molecule has 3 rings (SSSR count). The van der Waals surface area contributed by atoms with Gasteiger partial charge in [-0.3, -0.25) is 0 Å². The maximum absolute atomic E-state index is 13.7. The molecule has 0 saturated heterocycles. The molecule has 5 heteroatoms. The van der Waals surface area contributed by atoms with Crippen LogP contribution in [-0.4, -0.2) is 24.2 Å². The molecule has 0 bridgehead atoms. The summed E-state index contributed by atoms with van der Waals surface area (Å²) < 4.78 is 23.8. The van der Waals surface area contributed by atoms with Gasteiger partial charge in [0.05, 0.1) is 25.3 Å². The molecule has 2 aromatic carbocycles. The number of halogens is 1. The van der Waals surface area contributed by atoms with Gasteiger partial charge in [-0.25, -0.2) is 9.37 Å². The Morgan fingerprint density at radius 2 is 1.90 bits per heavy atom. The highest BCUT2D eigenvalue weighted by Gasteiger charge is 2.09. The predicted molar refractivity (Wildman–Crippen MR) is 74.6 cm³/mol. The minimum Gasteiger partial charge on any atom is -0.497 e. The van der Waals surface area contributed by atoms with Crippen LogP contribution in [-0.2, 0) is 0 Å². The van der Waals surface area contributed by atoms with Gasteiger partial charge in [0.15, 0.2) is 11.6 Å². The summed E-state index contributed by atoms with van der Waals surface area (Å²) in [4.78, 5) is 7.59. The van der Waals surface area contributed by atoms with E-state index in [2.05, 4.69) is 9.97 Å². The van der Waals surface area contributed by atoms with Crippen molar-refractivity contribution in [2.24, 2.45) is 0 Å². The predicted octanol–water partition coefficient (Wildman–Crippen LogP) is 3.39. The van der Waals surface area contributed by atoms with Crippen LogP contribution in [0, 0.1) is 5.82 Å². The van der Waals surface area contributed by atoms with Crippen molar-refractivity contribution >= 4 is 11.0 Å². The maximum Gasteiger partial charge on any atom is 0.165 e. The number of methoxy groups -OCH3 is 2. The fourth-order valence-corrected chi connectivity index (χ4v) is 2.07. The minimum atomic E-state index is -0.414. The molecule has 102 valence electrons. The van der Waals surface area contributed by atoms with E-state index in [0.29, 0.717) is 11.4 Å². The normalized spacial score (nSPS) is 10.8. The first-order valence-corrected chi connectivity index (χ1v) is 6.09. The maximum atomic E-state index is 13.7. The summed E-state index contributed by atoms with van der Waals surface area (Å²) >= 11 is 0. The van der Waals surface area contributed by atoms with E-state index in [0.717, 1.165) is 16.8 Å². The average Bonchev–Trinajstić information content (AvgIpc) is 2.89. The Bertz CT molecular complexity index is 768. The second kappa shape index (κ2) is 4.85. The van der Waals surface area contributed by atoms with E-state index in [4.69, 9.17) is 9.47 Å². The van der Waals surface area contributed by atoms with Gasteiger partial charge in [-0.05, 0) is 30.3 Å². The number of imidazole rings is 1. The molecule has 0 fully saturated rings. The first kappa shape index (κ1) is 12.5. The molecule has 0 amide bonds. The summed E-state index contributed by atoms with van der Waals surface area (Å²) in [5.41, 5.74) is 2.31. The zero-order chi connectivity index (χ0) is 14.1. The van der Waals surface area contributed by atoms with E-state index in [-0.39, 0.29) is 5.75 Å². The lowest BCUT2D eigenvalue weighted by Crippen LogP contribution is -1.89. The van der Waals surface area contributed by atoms with Crippen LogP contribution < -0.4 is 9.47 Å². The van der Waals surface area contributed by atoms with Crippen LogP contribution >= 0.6 is 0 Å². The fraction of sp³-hybridized carbons (Fsp3) is 0.133. The summed E-state index contributed by atoms with van der Waals surface area (Å²) in [5.74, 6) is 1.15. The third kappa shape index (κ3) is 2.07. The van der Waals surface area contributed by atoms with Crippen LogP contribution in [0.15, 0.2) is 36.4 Å². The zero-order valence-electron chi connectivity index (χ0n) is 11.1. The van der Waals surface area contributed by atoms with Gasteiger partial charge >= 0.3 is 0 Å². The lowest BCUT2D eigenvalue weighted by atomic mass is 10.2. The highest BCUT2D eigenvalue weighted by molar-refractivity contribution is 5.80. The number of hydrogen-bond acceptors (Lipinski definition) is 3. The summed E-state index contributed by atoms with van der Waals surface area (Å²) in [7, 11) is 3.04. The largest absolute Gasteiger partial charge is 0.497 e. The molecule has 0 saturated carbocycles. The Kier molecular flexibility index (Phi) is 3.02. The molecule has 20 heavy (non-hydrogen) atoms. The number of aromatic amines is 1. The smallest absolute Gasteiger partial charge is 0.165 e. The number of benzene rings is 2. The molecule has 1 aromatic heterocycles. The van der Waals surface area contributed by atoms with E-state index in [1.165, 1.54) is 13.2 Å². The van der Waals surface area contributed by atoms with E-state index < -0.39 is 5.82 Å². The van der Waals surface area contributed by atoms with E-state index in [1.54, 1.807) is 19.2 Å². The van der Waals surface area contributed by atoms with E-state index >= 15 is 0 Å². The molecule has 0 aliphatic carbocycles. The number of aromatic nitrogens is 2. The molecule has 0 atom stereocenters. The number of nitrogens with one attached hydrogen (secondary N) is 1. The summed E-state index contributed by atoms with van der Waals surface area (Å²) in [6, 6.07) is 10.3. The van der Waals surface area contributed by atoms with Crippen molar-refractivity contribution in [3.8, 4) is 22.9 Å². The van der Waals surface area contributed by atoms with Gasteiger partial charge < -0.3 is 14.5 Å². The third-order valence-corrected chi connectivity index (χ3v) is 3.11. The van der Waals surface area contributed by atoms with Crippen LogP contribution in [0.5, 0.6) is 11.5 Å². The van der Waals surface area contributed by atoms with Crippen molar-refractivity contribution in [2.45, 2.75) is 0 Å². The molecular weight excluding hydrogens is 259 g/mol. The summed E-state index contributed by atoms with van der Waals surface area (Å²) in [6.45, 7) is 0. The Labute approximate surface area is 115 Å². The molecule has 0 spiro atoms. The fourth-order valence-electron chi connectivity index (χ4n) is 2.07. The molecule has 0 aliphatic rings. The third-order valence-electron chi connectivity index (χ3n) is 3.11. The number of H-pyrrole nitrogens is 1. The molecule has 1 heterocycles. The second-order valence-corrected chi connectivity index (χ2v) is 4.32. The lowest BCUT2D eigenvalue weighted by Gasteiger charge is -2.02. The van der Waals surface area contributed by atoms with Crippen LogP contribution in [0.25, 0.3) is 22.4 Å². The molecular formula is C15H13FN2O2. The van der Waals surface area contributed by atoms with Gasteiger partial charge in [-0.2, -0.15) is 0 Å². The quantitative estimate of drug-likeness (QED) is 0.795. The van der Waals surface area contributed by atoms with E-state index in [9.17, 15) is 4.39 Å². The SMILES string of the molecule is COc1ccc2nc(-c3ccc(OC)c(F)c3)[nH]c2c1. The van der Waals surface area contributed by atoms with Crippen molar-refractivity contribution in [1.29, 1.82) is 0 Å². The Morgan fingerprint density at radius 3 is 2.60 bits per heavy atom. The number of hydrogen-bond donors (Lipinski definition) is 1. The van der Waals surface area contributed by atoms with Gasteiger partial charge in [-0.1, -0.05) is 0 Å². The number of rotatable bonds is 3. The van der Waals surface area contributed by atoms with Crippen molar-refractivity contribution in [3.63, 3.8) is 0 Å². The van der Waals surface area contributed by atoms with Crippen molar-refractivity contribution in [3.05, 3.63) is 42.2 Å². The van der Waals surface area contributed by atoms with Crippen molar-refractivity contribution < 1.29 is 13.9 Å². The Hall–Kier alpha value is -2.56. The van der Waals surface area contributed by atoms with Gasteiger partial charge in [0, 0.05) is 11.6 Å². The zero-order valence-corrected chi connectivity index (χ0v) is 11.1. The van der Waals surface area contributed by atoms with Crippen molar-refractivity contribution in [1.82, 2.24) is 9.97 Å². The van der Waals surface area contributed by atoms with Crippen LogP contribution in [0.2, 0.25) is 0 Å².